The van der Waals surface area contributed by atoms with E-state index in [1.54, 1.807) is 6.92 Å². The first-order valence-corrected chi connectivity index (χ1v) is 6.35. The summed E-state index contributed by atoms with van der Waals surface area (Å²) in [6, 6.07) is 0. The lowest BCUT2D eigenvalue weighted by Crippen LogP contribution is -2.30. The van der Waals surface area contributed by atoms with Gasteiger partial charge in [0.25, 0.3) is 0 Å². The molecule has 15 heavy (non-hydrogen) atoms. The van der Waals surface area contributed by atoms with Crippen molar-refractivity contribution in [2.24, 2.45) is 29.6 Å². The van der Waals surface area contributed by atoms with Gasteiger partial charge in [-0.1, -0.05) is 11.6 Å². The molecule has 0 heterocycles. The van der Waals surface area contributed by atoms with Crippen LogP contribution in [0.4, 0.5) is 0 Å². The molecule has 3 aliphatic rings. The lowest BCUT2D eigenvalue weighted by atomic mass is 9.68. The number of ketones is 1. The van der Waals surface area contributed by atoms with Gasteiger partial charge in [0.2, 0.25) is 0 Å². The van der Waals surface area contributed by atoms with Gasteiger partial charge >= 0.3 is 0 Å². The van der Waals surface area contributed by atoms with Crippen LogP contribution in [-0.4, -0.2) is 5.78 Å². The Morgan fingerprint density at radius 3 is 2.73 bits per heavy atom. The lowest BCUT2D eigenvalue weighted by Gasteiger charge is -2.36. The van der Waals surface area contributed by atoms with E-state index in [9.17, 15) is 4.79 Å². The molecule has 5 atom stereocenters. The standard InChI is InChI=1S/C14H20O/c1-8-5-13-10-3-4-11(6-10)14(13)7-12(8)9(2)15/h5,10-14H,3-4,6-7H2,1-2H3/t10-,11+,12?,13+,14-/m1/s1. The molecular weight excluding hydrogens is 184 g/mol. The highest BCUT2D eigenvalue weighted by atomic mass is 16.1. The molecular formula is C14H20O. The van der Waals surface area contributed by atoms with Crippen molar-refractivity contribution in [2.45, 2.75) is 39.5 Å². The van der Waals surface area contributed by atoms with Crippen molar-refractivity contribution in [3.05, 3.63) is 11.6 Å². The van der Waals surface area contributed by atoms with Crippen LogP contribution in [0.5, 0.6) is 0 Å². The molecule has 1 unspecified atom stereocenters. The Labute approximate surface area is 91.9 Å². The molecule has 3 aliphatic carbocycles. The summed E-state index contributed by atoms with van der Waals surface area (Å²) < 4.78 is 0. The fourth-order valence-corrected chi connectivity index (χ4v) is 4.43. The third kappa shape index (κ3) is 1.32. The van der Waals surface area contributed by atoms with Crippen molar-refractivity contribution in [3.63, 3.8) is 0 Å². The number of allylic oxidation sites excluding steroid dienone is 2. The molecule has 1 nitrogen and oxygen atoms in total. The molecule has 0 radical (unpaired) electrons. The summed E-state index contributed by atoms with van der Waals surface area (Å²) in [4.78, 5) is 11.6. The first-order valence-electron chi connectivity index (χ1n) is 6.35. The van der Waals surface area contributed by atoms with Crippen LogP contribution in [0.1, 0.15) is 39.5 Å². The zero-order chi connectivity index (χ0) is 10.6. The number of carbonyl (C=O) groups excluding carboxylic acids is 1. The highest BCUT2D eigenvalue weighted by Gasteiger charge is 2.49. The Kier molecular flexibility index (Phi) is 2.05. The van der Waals surface area contributed by atoms with Crippen LogP contribution in [-0.2, 0) is 4.79 Å². The minimum Gasteiger partial charge on any atom is -0.299 e. The number of Topliss-reactive ketones (excluding diaryl/α,β-unsaturated/α-hetero) is 1. The van der Waals surface area contributed by atoms with Crippen molar-refractivity contribution in [3.8, 4) is 0 Å². The van der Waals surface area contributed by atoms with Crippen LogP contribution < -0.4 is 0 Å². The molecule has 0 aromatic heterocycles. The number of hydrogen-bond acceptors (Lipinski definition) is 1. The SMILES string of the molecule is CC(=O)C1C[C@@H]2[C@H]3CC[C@H](C3)[C@@H]2C=C1C. The number of hydrogen-bond donors (Lipinski definition) is 0. The van der Waals surface area contributed by atoms with E-state index in [2.05, 4.69) is 13.0 Å². The summed E-state index contributed by atoms with van der Waals surface area (Å²) in [6.07, 6.45) is 7.93. The Morgan fingerprint density at radius 2 is 2.00 bits per heavy atom. The van der Waals surface area contributed by atoms with Gasteiger partial charge < -0.3 is 0 Å². The van der Waals surface area contributed by atoms with Crippen molar-refractivity contribution < 1.29 is 4.79 Å². The van der Waals surface area contributed by atoms with E-state index in [1.807, 2.05) is 0 Å². The maximum atomic E-state index is 11.6. The molecule has 0 N–H and O–H groups in total. The monoisotopic (exact) mass is 204 g/mol. The van der Waals surface area contributed by atoms with Crippen LogP contribution in [0.2, 0.25) is 0 Å². The van der Waals surface area contributed by atoms with E-state index in [1.165, 1.54) is 24.8 Å². The molecule has 0 aromatic rings. The van der Waals surface area contributed by atoms with Crippen molar-refractivity contribution in [1.29, 1.82) is 0 Å². The zero-order valence-corrected chi connectivity index (χ0v) is 9.70. The van der Waals surface area contributed by atoms with Crippen LogP contribution in [0.3, 0.4) is 0 Å². The molecule has 1 heteroatoms. The smallest absolute Gasteiger partial charge is 0.136 e. The second-order valence-corrected chi connectivity index (χ2v) is 5.88. The summed E-state index contributed by atoms with van der Waals surface area (Å²) >= 11 is 0. The molecule has 2 saturated carbocycles. The summed E-state index contributed by atoms with van der Waals surface area (Å²) in [5.41, 5.74) is 1.36. The van der Waals surface area contributed by atoms with Crippen LogP contribution in [0.15, 0.2) is 11.6 Å². The summed E-state index contributed by atoms with van der Waals surface area (Å²) in [7, 11) is 0. The van der Waals surface area contributed by atoms with Gasteiger partial charge in [-0.15, -0.1) is 0 Å². The second kappa shape index (κ2) is 3.20. The van der Waals surface area contributed by atoms with E-state index in [0.717, 1.165) is 30.1 Å². The number of rotatable bonds is 1. The third-order valence-corrected chi connectivity index (χ3v) is 5.16. The average Bonchev–Trinajstić information content (AvgIpc) is 2.76. The van der Waals surface area contributed by atoms with Gasteiger partial charge in [0.15, 0.2) is 0 Å². The molecule has 0 saturated heterocycles. The zero-order valence-electron chi connectivity index (χ0n) is 9.70. The van der Waals surface area contributed by atoms with Crippen molar-refractivity contribution in [1.82, 2.24) is 0 Å². The number of fused-ring (bicyclic) bond motifs is 5. The fraction of sp³-hybridized carbons (Fsp3) is 0.786. The summed E-state index contributed by atoms with van der Waals surface area (Å²) in [5.74, 6) is 4.23. The fourth-order valence-electron chi connectivity index (χ4n) is 4.43. The Hall–Kier alpha value is -0.590. The van der Waals surface area contributed by atoms with Crippen molar-refractivity contribution in [2.75, 3.05) is 0 Å². The molecule has 0 spiro atoms. The average molecular weight is 204 g/mol. The van der Waals surface area contributed by atoms with E-state index >= 15 is 0 Å². The molecule has 82 valence electrons. The molecule has 2 bridgehead atoms. The molecule has 0 amide bonds. The largest absolute Gasteiger partial charge is 0.299 e. The third-order valence-electron chi connectivity index (χ3n) is 5.16. The van der Waals surface area contributed by atoms with E-state index in [4.69, 9.17) is 0 Å². The highest BCUT2D eigenvalue weighted by molar-refractivity contribution is 5.81. The van der Waals surface area contributed by atoms with E-state index < -0.39 is 0 Å². The Morgan fingerprint density at radius 1 is 1.27 bits per heavy atom. The minimum atomic E-state index is 0.255. The van der Waals surface area contributed by atoms with E-state index in [-0.39, 0.29) is 5.92 Å². The lowest BCUT2D eigenvalue weighted by molar-refractivity contribution is -0.120. The Bertz CT molecular complexity index is 328. The predicted molar refractivity (Wildman–Crippen MR) is 60.4 cm³/mol. The quantitative estimate of drug-likeness (QED) is 0.599. The molecule has 2 fully saturated rings. The highest BCUT2D eigenvalue weighted by Crippen LogP contribution is 2.57. The van der Waals surface area contributed by atoms with Crippen LogP contribution in [0.25, 0.3) is 0 Å². The molecule has 0 aromatic carbocycles. The maximum Gasteiger partial charge on any atom is 0.136 e. The van der Waals surface area contributed by atoms with Gasteiger partial charge in [-0.25, -0.2) is 0 Å². The van der Waals surface area contributed by atoms with Crippen LogP contribution >= 0.6 is 0 Å². The second-order valence-electron chi connectivity index (χ2n) is 5.88. The topological polar surface area (TPSA) is 17.1 Å². The summed E-state index contributed by atoms with van der Waals surface area (Å²) in [5, 5.41) is 0. The Balaban J connectivity index is 1.90. The minimum absolute atomic E-state index is 0.255. The molecule has 0 aliphatic heterocycles. The van der Waals surface area contributed by atoms with Crippen molar-refractivity contribution >= 4 is 5.78 Å². The molecule has 3 rings (SSSR count). The first-order chi connectivity index (χ1) is 7.16. The maximum absolute atomic E-state index is 11.6. The van der Waals surface area contributed by atoms with Gasteiger partial charge in [0.1, 0.15) is 5.78 Å². The van der Waals surface area contributed by atoms with E-state index in [0.29, 0.717) is 5.78 Å². The normalized spacial score (nSPS) is 47.6. The summed E-state index contributed by atoms with van der Waals surface area (Å²) in [6.45, 7) is 3.92. The van der Waals surface area contributed by atoms with Gasteiger partial charge in [-0.2, -0.15) is 0 Å². The van der Waals surface area contributed by atoms with Gasteiger partial charge in [0.05, 0.1) is 0 Å². The van der Waals surface area contributed by atoms with Gasteiger partial charge in [0, 0.05) is 5.92 Å². The first kappa shape index (κ1) is 9.62. The number of carbonyl (C=O) groups is 1. The van der Waals surface area contributed by atoms with Gasteiger partial charge in [-0.05, 0) is 63.2 Å². The predicted octanol–water partition coefficient (Wildman–Crippen LogP) is 3.20. The van der Waals surface area contributed by atoms with Crippen LogP contribution in [0, 0.1) is 29.6 Å². The van der Waals surface area contributed by atoms with Gasteiger partial charge in [-0.3, -0.25) is 4.79 Å².